The molecule has 0 aromatic heterocycles. The molecule has 4 aliphatic heterocycles. The molecule has 11 nitrogen and oxygen atoms in total. The first-order valence-corrected chi connectivity index (χ1v) is 18.7. The normalized spacial score (nSPS) is 22.1. The van der Waals surface area contributed by atoms with Crippen molar-refractivity contribution in [2.24, 2.45) is 0 Å². The highest BCUT2D eigenvalue weighted by Gasteiger charge is 2.43. The Kier molecular flexibility index (Phi) is 11.3. The number of carbonyl (C=O) groups is 4. The van der Waals surface area contributed by atoms with Crippen LogP contribution in [-0.2, 0) is 22.4 Å². The average Bonchev–Trinajstić information content (AvgIpc) is 3.38. The second-order valence-electron chi connectivity index (χ2n) is 13.4. The van der Waals surface area contributed by atoms with Gasteiger partial charge in [-0.15, -0.1) is 0 Å². The number of carbonyl (C=O) groups excluding carboxylic acids is 4. The number of hydrogen-bond donors (Lipinski definition) is 3. The minimum absolute atomic E-state index is 0.0740. The van der Waals surface area contributed by atoms with Gasteiger partial charge < -0.3 is 30.4 Å². The molecule has 0 aliphatic carbocycles. The van der Waals surface area contributed by atoms with Gasteiger partial charge in [0, 0.05) is 51.1 Å². The van der Waals surface area contributed by atoms with E-state index in [1.165, 1.54) is 24.2 Å². The third-order valence-electron chi connectivity index (χ3n) is 10.2. The number of rotatable bonds is 8. The van der Waals surface area contributed by atoms with Crippen LogP contribution in [0.5, 0.6) is 5.75 Å². The predicted molar refractivity (Wildman–Crippen MR) is 188 cm³/mol. The van der Waals surface area contributed by atoms with Crippen molar-refractivity contribution in [1.29, 1.82) is 0 Å². The number of piperidine rings is 3. The average molecular weight is 789 g/mol. The molecule has 1 unspecified atom stereocenters. The summed E-state index contributed by atoms with van der Waals surface area (Å²) in [5.41, 5.74) is 1.77. The van der Waals surface area contributed by atoms with Crippen LogP contribution in [0.2, 0.25) is 0 Å². The molecule has 4 aliphatic rings. The Morgan fingerprint density at radius 1 is 0.833 bits per heavy atom. The predicted octanol–water partition coefficient (Wildman–Crippen LogP) is 4.64. The third kappa shape index (κ3) is 8.00. The van der Waals surface area contributed by atoms with Crippen molar-refractivity contribution in [3.05, 3.63) is 62.5 Å². The van der Waals surface area contributed by atoms with Crippen LogP contribution in [0.1, 0.15) is 56.1 Å². The van der Waals surface area contributed by atoms with Crippen molar-refractivity contribution in [3.8, 4) is 5.75 Å². The van der Waals surface area contributed by atoms with Crippen LogP contribution in [0.15, 0.2) is 51.4 Å². The Balaban J connectivity index is 1.08. The van der Waals surface area contributed by atoms with Gasteiger partial charge in [-0.05, 0) is 107 Å². The van der Waals surface area contributed by atoms with Crippen LogP contribution in [0.3, 0.4) is 0 Å². The van der Waals surface area contributed by atoms with Crippen molar-refractivity contribution in [1.82, 2.24) is 30.2 Å². The number of nitrogens with one attached hydrogen (secondary N) is 2. The fourth-order valence-corrected chi connectivity index (χ4v) is 8.86. The fraction of sp³-hybridized carbons (Fsp3) is 0.543. The zero-order valence-electron chi connectivity index (χ0n) is 27.1. The summed E-state index contributed by atoms with van der Waals surface area (Å²) in [5, 5.41) is 16.1. The number of aromatic hydroxyl groups is 1. The molecule has 0 spiro atoms. The van der Waals surface area contributed by atoms with E-state index in [1.54, 1.807) is 17.0 Å². The summed E-state index contributed by atoms with van der Waals surface area (Å²) in [5.74, 6) is -0.267. The number of benzene rings is 2. The minimum atomic E-state index is -0.796. The van der Waals surface area contributed by atoms with Gasteiger partial charge in [0.25, 0.3) is 5.91 Å². The van der Waals surface area contributed by atoms with Crippen molar-refractivity contribution in [3.63, 3.8) is 0 Å². The smallest absolute Gasteiger partial charge is 0.325 e. The van der Waals surface area contributed by atoms with Crippen LogP contribution < -0.4 is 10.6 Å². The summed E-state index contributed by atoms with van der Waals surface area (Å²) in [6, 6.07) is 11.2. The molecule has 3 N–H and O–H groups in total. The first-order chi connectivity index (χ1) is 23.2. The van der Waals surface area contributed by atoms with Gasteiger partial charge in [-0.2, -0.15) is 0 Å². The molecular formula is C35H44Br2N6O5. The lowest BCUT2D eigenvalue weighted by Crippen LogP contribution is -2.57. The zero-order chi connectivity index (χ0) is 33.8. The lowest BCUT2D eigenvalue weighted by atomic mass is 9.98. The molecule has 2 atom stereocenters. The summed E-state index contributed by atoms with van der Waals surface area (Å²) in [7, 11) is 0. The van der Waals surface area contributed by atoms with Gasteiger partial charge in [0.2, 0.25) is 5.91 Å². The Morgan fingerprint density at radius 3 is 2.08 bits per heavy atom. The zero-order valence-corrected chi connectivity index (χ0v) is 30.3. The first kappa shape index (κ1) is 34.7. The number of hydrogen-bond acceptors (Lipinski definition) is 6. The van der Waals surface area contributed by atoms with E-state index >= 15 is 0 Å². The molecular weight excluding hydrogens is 744 g/mol. The number of likely N-dealkylation sites (tertiary alicyclic amines) is 3. The van der Waals surface area contributed by atoms with Gasteiger partial charge in [0.15, 0.2) is 0 Å². The minimum Gasteiger partial charge on any atom is -0.506 e. The van der Waals surface area contributed by atoms with Crippen LogP contribution in [0.4, 0.5) is 9.59 Å². The monoisotopic (exact) mass is 786 g/mol. The van der Waals surface area contributed by atoms with E-state index in [4.69, 9.17) is 0 Å². The Morgan fingerprint density at radius 2 is 1.44 bits per heavy atom. The quantitative estimate of drug-likeness (QED) is 0.335. The van der Waals surface area contributed by atoms with Crippen molar-refractivity contribution < 1.29 is 24.3 Å². The molecule has 258 valence electrons. The maximum Gasteiger partial charge on any atom is 0.325 e. The molecule has 4 fully saturated rings. The lowest BCUT2D eigenvalue weighted by Gasteiger charge is -2.41. The second-order valence-corrected chi connectivity index (χ2v) is 15.1. The van der Waals surface area contributed by atoms with Crippen molar-refractivity contribution in [2.45, 2.75) is 82.0 Å². The van der Waals surface area contributed by atoms with Crippen LogP contribution in [0.25, 0.3) is 0 Å². The molecule has 0 bridgehead atoms. The third-order valence-corrected chi connectivity index (χ3v) is 11.5. The SMILES string of the molecule is O=C(N[C@H](Cc1cc(Br)c(O)c(Br)c1)C(=O)N1CCC(N2CCCCC2)CC1)N1CCC(N2C(=O)NC(Cc3ccccc3)C2=O)CC1. The maximum atomic E-state index is 14.0. The number of halogens is 2. The highest BCUT2D eigenvalue weighted by atomic mass is 79.9. The van der Waals surface area contributed by atoms with Gasteiger partial charge in [-0.3, -0.25) is 14.5 Å². The largest absolute Gasteiger partial charge is 0.506 e. The molecule has 4 heterocycles. The lowest BCUT2D eigenvalue weighted by molar-refractivity contribution is -0.135. The maximum absolute atomic E-state index is 14.0. The number of phenols is 1. The highest BCUT2D eigenvalue weighted by Crippen LogP contribution is 2.34. The van der Waals surface area contributed by atoms with E-state index in [0.717, 1.165) is 37.1 Å². The molecule has 2 aromatic carbocycles. The number of nitrogens with zero attached hydrogens (tertiary/aromatic N) is 4. The molecule has 48 heavy (non-hydrogen) atoms. The van der Waals surface area contributed by atoms with E-state index in [0.29, 0.717) is 60.4 Å². The Bertz CT molecular complexity index is 1470. The standard InChI is InChI=1S/C35H44Br2N6O5/c36-27-19-24(20-28(37)31(27)44)22-29(32(45)41-15-9-25(10-16-41)40-13-5-2-6-14-40)38-34(47)42-17-11-26(12-18-42)43-33(46)30(39-35(43)48)21-23-7-3-1-4-8-23/h1,3-4,7-8,19-20,25-26,29-30,44H,2,5-6,9-18,21-22H2,(H,38,47)(H,39,48)/t29-,30?/m1/s1. The molecule has 6 amide bonds. The summed E-state index contributed by atoms with van der Waals surface area (Å²) in [4.78, 5) is 61.2. The Hall–Kier alpha value is -3.16. The first-order valence-electron chi connectivity index (χ1n) is 17.1. The van der Waals surface area contributed by atoms with E-state index < -0.39 is 12.1 Å². The number of urea groups is 2. The van der Waals surface area contributed by atoms with Gasteiger partial charge in [0.1, 0.15) is 17.8 Å². The van der Waals surface area contributed by atoms with Gasteiger partial charge in [-0.1, -0.05) is 36.8 Å². The van der Waals surface area contributed by atoms with E-state index in [2.05, 4.69) is 47.4 Å². The topological polar surface area (TPSA) is 126 Å². The van der Waals surface area contributed by atoms with E-state index in [9.17, 15) is 24.3 Å². The molecule has 6 rings (SSSR count). The number of phenolic OH excluding ortho intramolecular Hbond substituents is 1. The van der Waals surface area contributed by atoms with Crippen LogP contribution in [0, 0.1) is 0 Å². The second kappa shape index (κ2) is 15.6. The van der Waals surface area contributed by atoms with Gasteiger partial charge >= 0.3 is 12.1 Å². The Labute approximate surface area is 298 Å². The number of amides is 6. The van der Waals surface area contributed by atoms with Gasteiger partial charge in [0.05, 0.1) is 8.95 Å². The molecule has 4 saturated heterocycles. The van der Waals surface area contributed by atoms with E-state index in [-0.39, 0.29) is 42.1 Å². The molecule has 0 radical (unpaired) electrons. The summed E-state index contributed by atoms with van der Waals surface area (Å²) >= 11 is 6.78. The molecule has 0 saturated carbocycles. The van der Waals surface area contributed by atoms with Crippen molar-refractivity contribution >= 4 is 55.7 Å². The van der Waals surface area contributed by atoms with Crippen LogP contribution >= 0.6 is 31.9 Å². The number of imide groups is 1. The molecule has 13 heteroatoms. The summed E-state index contributed by atoms with van der Waals surface area (Å²) in [6.07, 6.45) is 7.22. The fourth-order valence-electron chi connectivity index (χ4n) is 7.58. The van der Waals surface area contributed by atoms with E-state index in [1.807, 2.05) is 35.2 Å². The van der Waals surface area contributed by atoms with Crippen LogP contribution in [-0.4, -0.2) is 112 Å². The van der Waals surface area contributed by atoms with Crippen molar-refractivity contribution in [2.75, 3.05) is 39.3 Å². The van der Waals surface area contributed by atoms with Gasteiger partial charge in [-0.25, -0.2) is 9.59 Å². The molecule has 2 aromatic rings. The summed E-state index contributed by atoms with van der Waals surface area (Å²) in [6.45, 7) is 4.27. The summed E-state index contributed by atoms with van der Waals surface area (Å²) < 4.78 is 1.00. The highest BCUT2D eigenvalue weighted by molar-refractivity contribution is 9.11.